The molecule has 0 N–H and O–H groups in total. The molecule has 0 aromatic carbocycles. The zero-order chi connectivity index (χ0) is 13.8. The molecule has 0 aromatic rings. The standard InChI is InChI=1S/C13H22O7/c1-14-2-3-15-4-5-16-6-7-17-10-9-8-18-13(19-9)12-11(10)20-12/h9-13H,2-8H2,1H3/t9-,10-,11+,12+,13-/m1/s1. The molecule has 0 aromatic heterocycles. The summed E-state index contributed by atoms with van der Waals surface area (Å²) < 4.78 is 38.0. The van der Waals surface area contributed by atoms with Crippen molar-refractivity contribution < 1.29 is 33.2 Å². The van der Waals surface area contributed by atoms with E-state index in [0.717, 1.165) is 0 Å². The molecule has 7 heteroatoms. The number of hydrogen-bond acceptors (Lipinski definition) is 7. The molecule has 20 heavy (non-hydrogen) atoms. The second-order valence-electron chi connectivity index (χ2n) is 4.99. The fourth-order valence-corrected chi connectivity index (χ4v) is 2.53. The van der Waals surface area contributed by atoms with Crippen molar-refractivity contribution in [3.63, 3.8) is 0 Å². The van der Waals surface area contributed by atoms with Gasteiger partial charge in [0.15, 0.2) is 6.29 Å². The summed E-state index contributed by atoms with van der Waals surface area (Å²) >= 11 is 0. The summed E-state index contributed by atoms with van der Waals surface area (Å²) in [7, 11) is 1.65. The first-order valence-corrected chi connectivity index (χ1v) is 7.08. The molecule has 2 bridgehead atoms. The molecule has 3 saturated heterocycles. The van der Waals surface area contributed by atoms with Gasteiger partial charge in [0.1, 0.15) is 24.4 Å². The highest BCUT2D eigenvalue weighted by Gasteiger charge is 2.62. The Bertz CT molecular complexity index is 300. The smallest absolute Gasteiger partial charge is 0.187 e. The van der Waals surface area contributed by atoms with Gasteiger partial charge in [-0.05, 0) is 0 Å². The Morgan fingerprint density at radius 1 is 0.900 bits per heavy atom. The fourth-order valence-electron chi connectivity index (χ4n) is 2.53. The second kappa shape index (κ2) is 7.13. The number of fused-ring (bicyclic) bond motifs is 4. The molecule has 3 aliphatic heterocycles. The van der Waals surface area contributed by atoms with Crippen molar-refractivity contribution in [2.75, 3.05) is 53.4 Å². The Balaban J connectivity index is 1.21. The van der Waals surface area contributed by atoms with E-state index in [1.165, 1.54) is 0 Å². The van der Waals surface area contributed by atoms with Crippen molar-refractivity contribution in [1.82, 2.24) is 0 Å². The van der Waals surface area contributed by atoms with Crippen molar-refractivity contribution in [3.8, 4) is 0 Å². The maximum absolute atomic E-state index is 5.80. The van der Waals surface area contributed by atoms with Crippen LogP contribution < -0.4 is 0 Å². The fraction of sp³-hybridized carbons (Fsp3) is 1.00. The SMILES string of the molecule is COCCOCCOCCO[C@H]1[C@@H]2O[C@@H]2[C@@H]2OC[C@H]1O2. The van der Waals surface area contributed by atoms with Gasteiger partial charge in [-0.1, -0.05) is 0 Å². The van der Waals surface area contributed by atoms with Gasteiger partial charge in [0, 0.05) is 7.11 Å². The Labute approximate surface area is 118 Å². The van der Waals surface area contributed by atoms with E-state index in [1.807, 2.05) is 0 Å². The normalized spacial score (nSPS) is 38.0. The van der Waals surface area contributed by atoms with Crippen molar-refractivity contribution in [2.45, 2.75) is 30.7 Å². The first-order chi connectivity index (χ1) is 9.90. The maximum atomic E-state index is 5.80. The molecule has 3 heterocycles. The monoisotopic (exact) mass is 290 g/mol. The molecule has 0 saturated carbocycles. The molecule has 0 aliphatic carbocycles. The van der Waals surface area contributed by atoms with Crippen LogP contribution >= 0.6 is 0 Å². The second-order valence-corrected chi connectivity index (χ2v) is 4.99. The molecule has 0 unspecified atom stereocenters. The minimum absolute atomic E-state index is 0.00104. The lowest BCUT2D eigenvalue weighted by molar-refractivity contribution is -0.123. The van der Waals surface area contributed by atoms with Gasteiger partial charge in [-0.15, -0.1) is 0 Å². The summed E-state index contributed by atoms with van der Waals surface area (Å²) in [5, 5.41) is 0. The zero-order valence-electron chi connectivity index (χ0n) is 11.7. The van der Waals surface area contributed by atoms with E-state index in [9.17, 15) is 0 Å². The van der Waals surface area contributed by atoms with Gasteiger partial charge < -0.3 is 33.2 Å². The first-order valence-electron chi connectivity index (χ1n) is 7.08. The van der Waals surface area contributed by atoms with E-state index in [-0.39, 0.29) is 30.7 Å². The molecule has 7 nitrogen and oxygen atoms in total. The molecular formula is C13H22O7. The third-order valence-corrected chi connectivity index (χ3v) is 3.60. The summed E-state index contributed by atoms with van der Waals surface area (Å²) in [6.07, 6.45) is -0.000686. The summed E-state index contributed by atoms with van der Waals surface area (Å²) in [6, 6.07) is 0. The van der Waals surface area contributed by atoms with E-state index in [1.54, 1.807) is 7.11 Å². The van der Waals surface area contributed by atoms with Crippen LogP contribution in [0.5, 0.6) is 0 Å². The summed E-state index contributed by atoms with van der Waals surface area (Å²) in [6.45, 7) is 4.00. The lowest BCUT2D eigenvalue weighted by Gasteiger charge is -2.24. The first kappa shape index (κ1) is 14.6. The molecule has 0 radical (unpaired) electrons. The van der Waals surface area contributed by atoms with Crippen LogP contribution in [0.4, 0.5) is 0 Å². The molecular weight excluding hydrogens is 268 g/mol. The highest BCUT2D eigenvalue weighted by Crippen LogP contribution is 2.42. The molecule has 3 fully saturated rings. The number of methoxy groups -OCH3 is 1. The molecule has 5 atom stereocenters. The predicted octanol–water partition coefficient (Wildman–Crippen LogP) is -0.426. The summed E-state index contributed by atoms with van der Waals surface area (Å²) in [4.78, 5) is 0. The third-order valence-electron chi connectivity index (χ3n) is 3.60. The number of epoxide rings is 1. The Morgan fingerprint density at radius 3 is 2.45 bits per heavy atom. The number of rotatable bonds is 10. The Hall–Kier alpha value is -0.280. The van der Waals surface area contributed by atoms with Crippen LogP contribution in [0.1, 0.15) is 0 Å². The predicted molar refractivity (Wildman–Crippen MR) is 66.5 cm³/mol. The van der Waals surface area contributed by atoms with Crippen LogP contribution in [0.2, 0.25) is 0 Å². The van der Waals surface area contributed by atoms with Gasteiger partial charge in [-0.2, -0.15) is 0 Å². The van der Waals surface area contributed by atoms with Crippen molar-refractivity contribution >= 4 is 0 Å². The molecule has 3 rings (SSSR count). The largest absolute Gasteiger partial charge is 0.382 e. The van der Waals surface area contributed by atoms with E-state index in [0.29, 0.717) is 46.2 Å². The minimum Gasteiger partial charge on any atom is -0.382 e. The average Bonchev–Trinajstić information content (AvgIpc) is 3.14. The van der Waals surface area contributed by atoms with Crippen molar-refractivity contribution in [1.29, 1.82) is 0 Å². The quantitative estimate of drug-likeness (QED) is 0.399. The van der Waals surface area contributed by atoms with Gasteiger partial charge in [0.05, 0.1) is 46.2 Å². The maximum Gasteiger partial charge on any atom is 0.187 e. The number of hydrogen-bond donors (Lipinski definition) is 0. The zero-order valence-corrected chi connectivity index (χ0v) is 11.7. The van der Waals surface area contributed by atoms with Crippen LogP contribution in [0, 0.1) is 0 Å². The third kappa shape index (κ3) is 3.48. The van der Waals surface area contributed by atoms with Crippen LogP contribution in [0.15, 0.2) is 0 Å². The lowest BCUT2D eigenvalue weighted by Crippen LogP contribution is -2.42. The molecule has 0 spiro atoms. The van der Waals surface area contributed by atoms with Crippen LogP contribution in [0.3, 0.4) is 0 Å². The van der Waals surface area contributed by atoms with Gasteiger partial charge in [0.2, 0.25) is 0 Å². The van der Waals surface area contributed by atoms with Crippen molar-refractivity contribution in [3.05, 3.63) is 0 Å². The highest BCUT2D eigenvalue weighted by atomic mass is 16.8. The summed E-state index contributed by atoms with van der Waals surface area (Å²) in [5.41, 5.74) is 0. The highest BCUT2D eigenvalue weighted by molar-refractivity contribution is 5.04. The van der Waals surface area contributed by atoms with Crippen molar-refractivity contribution in [2.24, 2.45) is 0 Å². The van der Waals surface area contributed by atoms with Gasteiger partial charge in [-0.25, -0.2) is 0 Å². The molecule has 3 aliphatic rings. The van der Waals surface area contributed by atoms with Gasteiger partial charge >= 0.3 is 0 Å². The van der Waals surface area contributed by atoms with E-state index >= 15 is 0 Å². The van der Waals surface area contributed by atoms with Gasteiger partial charge in [-0.3, -0.25) is 0 Å². The van der Waals surface area contributed by atoms with E-state index < -0.39 is 0 Å². The average molecular weight is 290 g/mol. The van der Waals surface area contributed by atoms with Crippen LogP contribution in [-0.4, -0.2) is 84.1 Å². The Morgan fingerprint density at radius 2 is 1.65 bits per heavy atom. The van der Waals surface area contributed by atoms with Crippen LogP contribution in [0.25, 0.3) is 0 Å². The Kier molecular flexibility index (Phi) is 5.22. The van der Waals surface area contributed by atoms with Crippen LogP contribution in [-0.2, 0) is 33.2 Å². The topological polar surface area (TPSA) is 67.9 Å². The summed E-state index contributed by atoms with van der Waals surface area (Å²) in [5.74, 6) is 0. The van der Waals surface area contributed by atoms with E-state index in [4.69, 9.17) is 33.2 Å². The lowest BCUT2D eigenvalue weighted by atomic mass is 10.1. The molecule has 0 amide bonds. The minimum atomic E-state index is -0.176. The van der Waals surface area contributed by atoms with Gasteiger partial charge in [0.25, 0.3) is 0 Å². The molecule has 116 valence electrons. The van der Waals surface area contributed by atoms with E-state index in [2.05, 4.69) is 0 Å². The number of ether oxygens (including phenoxy) is 7.